The van der Waals surface area contributed by atoms with Gasteiger partial charge in [-0.05, 0) is 49.2 Å². The normalized spacial score (nSPS) is 10.6. The number of nitrogens with zero attached hydrogens (tertiary/aromatic N) is 2. The molecule has 0 bridgehead atoms. The largest absolute Gasteiger partial charge is 0.497 e. The Kier molecular flexibility index (Phi) is 5.78. The average Bonchev–Trinajstić information content (AvgIpc) is 2.68. The molecule has 0 aliphatic heterocycles. The summed E-state index contributed by atoms with van der Waals surface area (Å²) >= 11 is 1.69. The molecule has 0 unspecified atom stereocenters. The standard InChI is InChI=1S/C21H22N2O2S/c1-14-5-6-15(2)16(11-14)13-26-21-10-9-19(22-23-21)18-8-7-17(24-3)12-20(18)25-4/h5-12H,13H2,1-4H3. The van der Waals surface area contributed by atoms with E-state index in [-0.39, 0.29) is 0 Å². The smallest absolute Gasteiger partial charge is 0.132 e. The minimum atomic E-state index is 0.717. The van der Waals surface area contributed by atoms with Gasteiger partial charge in [-0.2, -0.15) is 0 Å². The van der Waals surface area contributed by atoms with Gasteiger partial charge in [0, 0.05) is 17.4 Å². The van der Waals surface area contributed by atoms with Crippen LogP contribution in [0.3, 0.4) is 0 Å². The monoisotopic (exact) mass is 366 g/mol. The Labute approximate surface area is 158 Å². The molecule has 0 N–H and O–H groups in total. The lowest BCUT2D eigenvalue weighted by molar-refractivity contribution is 0.395. The van der Waals surface area contributed by atoms with Crippen LogP contribution in [0.2, 0.25) is 0 Å². The zero-order valence-corrected chi connectivity index (χ0v) is 16.3. The van der Waals surface area contributed by atoms with E-state index < -0.39 is 0 Å². The first-order valence-electron chi connectivity index (χ1n) is 8.36. The molecule has 0 spiro atoms. The number of ether oxygens (including phenoxy) is 2. The van der Waals surface area contributed by atoms with E-state index >= 15 is 0 Å². The molecule has 3 aromatic rings. The van der Waals surface area contributed by atoms with Crippen LogP contribution < -0.4 is 9.47 Å². The Morgan fingerprint density at radius 2 is 1.73 bits per heavy atom. The molecule has 0 atom stereocenters. The van der Waals surface area contributed by atoms with Crippen molar-refractivity contribution < 1.29 is 9.47 Å². The van der Waals surface area contributed by atoms with Crippen LogP contribution in [0, 0.1) is 13.8 Å². The zero-order valence-electron chi connectivity index (χ0n) is 15.4. The highest BCUT2D eigenvalue weighted by molar-refractivity contribution is 7.98. The van der Waals surface area contributed by atoms with E-state index in [2.05, 4.69) is 42.2 Å². The third-order valence-corrected chi connectivity index (χ3v) is 5.17. The van der Waals surface area contributed by atoms with Crippen LogP contribution >= 0.6 is 11.8 Å². The molecule has 0 amide bonds. The summed E-state index contributed by atoms with van der Waals surface area (Å²) in [6.07, 6.45) is 0. The van der Waals surface area contributed by atoms with Crippen LogP contribution in [0.1, 0.15) is 16.7 Å². The van der Waals surface area contributed by atoms with Crippen LogP contribution in [0.5, 0.6) is 11.5 Å². The number of benzene rings is 2. The Hall–Kier alpha value is -2.53. The van der Waals surface area contributed by atoms with Gasteiger partial charge in [0.15, 0.2) is 0 Å². The first-order valence-corrected chi connectivity index (χ1v) is 9.34. The second kappa shape index (κ2) is 8.23. The summed E-state index contributed by atoms with van der Waals surface area (Å²) in [6.45, 7) is 4.25. The molecule has 26 heavy (non-hydrogen) atoms. The first-order chi connectivity index (χ1) is 12.6. The van der Waals surface area contributed by atoms with Crippen LogP contribution in [0.4, 0.5) is 0 Å². The van der Waals surface area contributed by atoms with E-state index in [0.717, 1.165) is 33.5 Å². The van der Waals surface area contributed by atoms with E-state index in [4.69, 9.17) is 9.47 Å². The van der Waals surface area contributed by atoms with Gasteiger partial charge in [0.1, 0.15) is 16.5 Å². The van der Waals surface area contributed by atoms with Gasteiger partial charge in [-0.3, -0.25) is 0 Å². The van der Waals surface area contributed by atoms with Crippen molar-refractivity contribution >= 4 is 11.8 Å². The quantitative estimate of drug-likeness (QED) is 0.570. The van der Waals surface area contributed by atoms with E-state index in [9.17, 15) is 0 Å². The molecule has 134 valence electrons. The van der Waals surface area contributed by atoms with Crippen molar-refractivity contribution in [3.63, 3.8) is 0 Å². The molecule has 0 aliphatic carbocycles. The molecular weight excluding hydrogens is 344 g/mol. The number of aryl methyl sites for hydroxylation is 2. The Balaban J connectivity index is 1.75. The lowest BCUT2D eigenvalue weighted by Gasteiger charge is -2.10. The molecule has 2 aromatic carbocycles. The van der Waals surface area contributed by atoms with Crippen molar-refractivity contribution in [3.8, 4) is 22.8 Å². The van der Waals surface area contributed by atoms with Crippen molar-refractivity contribution in [3.05, 3.63) is 65.2 Å². The Morgan fingerprint density at radius 3 is 2.42 bits per heavy atom. The third-order valence-electron chi connectivity index (χ3n) is 4.20. The van der Waals surface area contributed by atoms with Crippen molar-refractivity contribution in [1.82, 2.24) is 10.2 Å². The van der Waals surface area contributed by atoms with Gasteiger partial charge in [-0.25, -0.2) is 0 Å². The van der Waals surface area contributed by atoms with Crippen LogP contribution in [0.15, 0.2) is 53.6 Å². The number of thioether (sulfide) groups is 1. The zero-order chi connectivity index (χ0) is 18.5. The molecule has 0 aliphatic rings. The van der Waals surface area contributed by atoms with Crippen LogP contribution in [-0.2, 0) is 5.75 Å². The number of hydrogen-bond donors (Lipinski definition) is 0. The molecule has 4 nitrogen and oxygen atoms in total. The topological polar surface area (TPSA) is 44.2 Å². The van der Waals surface area contributed by atoms with Crippen molar-refractivity contribution in [2.75, 3.05) is 14.2 Å². The van der Waals surface area contributed by atoms with Gasteiger partial charge in [0.2, 0.25) is 0 Å². The maximum absolute atomic E-state index is 5.45. The number of hydrogen-bond acceptors (Lipinski definition) is 5. The molecule has 1 heterocycles. The summed E-state index contributed by atoms with van der Waals surface area (Å²) in [7, 11) is 3.27. The van der Waals surface area contributed by atoms with Crippen LogP contribution in [0.25, 0.3) is 11.3 Å². The Morgan fingerprint density at radius 1 is 0.885 bits per heavy atom. The summed E-state index contributed by atoms with van der Waals surface area (Å²) in [5.41, 5.74) is 5.58. The lowest BCUT2D eigenvalue weighted by atomic mass is 10.1. The average molecular weight is 366 g/mol. The summed E-state index contributed by atoms with van der Waals surface area (Å²) < 4.78 is 10.7. The van der Waals surface area contributed by atoms with E-state index in [1.165, 1.54) is 16.7 Å². The molecule has 0 saturated carbocycles. The highest BCUT2D eigenvalue weighted by Crippen LogP contribution is 2.32. The fourth-order valence-corrected chi connectivity index (χ4v) is 3.54. The lowest BCUT2D eigenvalue weighted by Crippen LogP contribution is -1.94. The predicted octanol–water partition coefficient (Wildman–Crippen LogP) is 5.07. The molecule has 1 aromatic heterocycles. The maximum Gasteiger partial charge on any atom is 0.132 e. The maximum atomic E-state index is 5.45. The van der Waals surface area contributed by atoms with E-state index in [1.807, 2.05) is 30.3 Å². The fourth-order valence-electron chi connectivity index (χ4n) is 2.66. The summed E-state index contributed by atoms with van der Waals surface area (Å²) in [5.74, 6) is 2.35. The number of aromatic nitrogens is 2. The van der Waals surface area contributed by atoms with Gasteiger partial charge in [-0.15, -0.1) is 10.2 Å². The summed E-state index contributed by atoms with van der Waals surface area (Å²) in [6, 6.07) is 16.2. The predicted molar refractivity (Wildman–Crippen MR) is 106 cm³/mol. The molecular formula is C21H22N2O2S. The highest BCUT2D eigenvalue weighted by atomic mass is 32.2. The molecule has 0 saturated heterocycles. The van der Waals surface area contributed by atoms with Gasteiger partial charge >= 0.3 is 0 Å². The van der Waals surface area contributed by atoms with E-state index in [1.54, 1.807) is 26.0 Å². The molecule has 0 radical (unpaired) electrons. The van der Waals surface area contributed by atoms with Crippen LogP contribution in [-0.4, -0.2) is 24.4 Å². The fraction of sp³-hybridized carbons (Fsp3) is 0.238. The summed E-state index contributed by atoms with van der Waals surface area (Å²) in [5, 5.41) is 9.64. The third kappa shape index (κ3) is 4.17. The van der Waals surface area contributed by atoms with Crippen molar-refractivity contribution in [1.29, 1.82) is 0 Å². The number of rotatable bonds is 6. The summed E-state index contributed by atoms with van der Waals surface area (Å²) in [4.78, 5) is 0. The molecule has 0 fully saturated rings. The molecule has 3 rings (SSSR count). The minimum absolute atomic E-state index is 0.717. The number of methoxy groups -OCH3 is 2. The second-order valence-electron chi connectivity index (χ2n) is 6.04. The van der Waals surface area contributed by atoms with E-state index in [0.29, 0.717) is 0 Å². The van der Waals surface area contributed by atoms with Gasteiger partial charge in [-0.1, -0.05) is 35.5 Å². The van der Waals surface area contributed by atoms with Crippen molar-refractivity contribution in [2.24, 2.45) is 0 Å². The van der Waals surface area contributed by atoms with Crippen molar-refractivity contribution in [2.45, 2.75) is 24.6 Å². The molecule has 5 heteroatoms. The van der Waals surface area contributed by atoms with Gasteiger partial charge in [0.05, 0.1) is 19.9 Å². The van der Waals surface area contributed by atoms with Gasteiger partial charge < -0.3 is 9.47 Å². The SMILES string of the molecule is COc1ccc(-c2ccc(SCc3cc(C)ccc3C)nn2)c(OC)c1. The Bertz CT molecular complexity index is 895. The second-order valence-corrected chi connectivity index (χ2v) is 7.04. The van der Waals surface area contributed by atoms with Gasteiger partial charge in [0.25, 0.3) is 0 Å². The highest BCUT2D eigenvalue weighted by Gasteiger charge is 2.10. The minimum Gasteiger partial charge on any atom is -0.497 e. The first kappa shape index (κ1) is 18.3.